The van der Waals surface area contributed by atoms with Crippen LogP contribution in [-0.4, -0.2) is 54.5 Å². The van der Waals surface area contributed by atoms with Crippen LogP contribution < -0.4 is 21.3 Å². The van der Waals surface area contributed by atoms with Crippen LogP contribution in [0.5, 0.6) is 0 Å². The van der Waals surface area contributed by atoms with Gasteiger partial charge in [-0.3, -0.25) is 4.79 Å². The summed E-state index contributed by atoms with van der Waals surface area (Å²) in [6.07, 6.45) is 5.42. The van der Waals surface area contributed by atoms with Gasteiger partial charge >= 0.3 is 6.03 Å². The van der Waals surface area contributed by atoms with Crippen molar-refractivity contribution in [2.45, 2.75) is 71.5 Å². The number of urea groups is 1. The average molecular weight is 443 g/mol. The molecule has 1 saturated heterocycles. The normalized spacial score (nSPS) is 19.3. The number of anilines is 1. The van der Waals surface area contributed by atoms with Gasteiger partial charge in [-0.15, -0.1) is 0 Å². The molecule has 3 rings (SSSR count). The highest BCUT2D eigenvalue weighted by Gasteiger charge is 2.32. The molecule has 2 fully saturated rings. The van der Waals surface area contributed by atoms with Crippen molar-refractivity contribution in [2.75, 3.05) is 25.0 Å². The molecular formula is C24H38N6O2. The van der Waals surface area contributed by atoms with Gasteiger partial charge in [0, 0.05) is 43.3 Å². The molecule has 1 atom stereocenters. The lowest BCUT2D eigenvalue weighted by Gasteiger charge is -2.21. The Morgan fingerprint density at radius 1 is 1.12 bits per heavy atom. The molecule has 176 valence electrons. The molecule has 0 bridgehead atoms. The first-order chi connectivity index (χ1) is 15.4. The fourth-order valence-corrected chi connectivity index (χ4v) is 4.32. The van der Waals surface area contributed by atoms with Gasteiger partial charge in [-0.05, 0) is 57.7 Å². The Balaban J connectivity index is 1.50. The number of benzene rings is 1. The number of aliphatic imine (C=N–C) groups is 1. The third-order valence-corrected chi connectivity index (χ3v) is 5.94. The van der Waals surface area contributed by atoms with Crippen LogP contribution in [0.15, 0.2) is 29.3 Å². The molecule has 1 saturated carbocycles. The highest BCUT2D eigenvalue weighted by Crippen LogP contribution is 2.27. The quantitative estimate of drug-likeness (QED) is 0.385. The zero-order valence-electron chi connectivity index (χ0n) is 19.6. The predicted molar refractivity (Wildman–Crippen MR) is 129 cm³/mol. The third kappa shape index (κ3) is 7.14. The number of amides is 3. The average Bonchev–Trinajstić information content (AvgIpc) is 3.44. The molecule has 1 aromatic carbocycles. The number of nitrogens with one attached hydrogen (secondary N) is 4. The molecule has 8 heteroatoms. The fourth-order valence-electron chi connectivity index (χ4n) is 4.32. The number of carbonyl (C=O) groups is 2. The van der Waals surface area contributed by atoms with E-state index in [0.717, 1.165) is 56.1 Å². The monoisotopic (exact) mass is 442 g/mol. The number of carbonyl (C=O) groups excluding carboxylic acids is 2. The van der Waals surface area contributed by atoms with Crippen molar-refractivity contribution in [2.24, 2.45) is 10.9 Å². The lowest BCUT2D eigenvalue weighted by molar-refractivity contribution is -0.134. The second-order valence-electron chi connectivity index (χ2n) is 9.04. The molecule has 0 radical (unpaired) electrons. The summed E-state index contributed by atoms with van der Waals surface area (Å²) in [5.41, 5.74) is 1.81. The Morgan fingerprint density at radius 3 is 2.50 bits per heavy atom. The van der Waals surface area contributed by atoms with E-state index in [9.17, 15) is 9.59 Å². The van der Waals surface area contributed by atoms with Crippen LogP contribution in [0.25, 0.3) is 0 Å². The van der Waals surface area contributed by atoms with Gasteiger partial charge < -0.3 is 26.2 Å². The maximum atomic E-state index is 12.7. The molecule has 3 amide bonds. The predicted octanol–water partition coefficient (Wildman–Crippen LogP) is 3.06. The van der Waals surface area contributed by atoms with E-state index in [4.69, 9.17) is 4.99 Å². The number of rotatable bonds is 7. The van der Waals surface area contributed by atoms with Crippen LogP contribution in [-0.2, 0) is 11.3 Å². The first-order valence-corrected chi connectivity index (χ1v) is 11.9. The van der Waals surface area contributed by atoms with Crippen molar-refractivity contribution in [3.8, 4) is 0 Å². The molecule has 2 aliphatic rings. The number of hydrogen-bond acceptors (Lipinski definition) is 3. The second-order valence-corrected chi connectivity index (χ2v) is 9.04. The highest BCUT2D eigenvalue weighted by molar-refractivity contribution is 5.89. The molecule has 1 aliphatic carbocycles. The van der Waals surface area contributed by atoms with Crippen molar-refractivity contribution in [3.05, 3.63) is 29.8 Å². The molecule has 0 aromatic heterocycles. The summed E-state index contributed by atoms with van der Waals surface area (Å²) in [6.45, 7) is 8.77. The summed E-state index contributed by atoms with van der Waals surface area (Å²) in [4.78, 5) is 31.2. The summed E-state index contributed by atoms with van der Waals surface area (Å²) in [5, 5.41) is 12.4. The molecule has 8 nitrogen and oxygen atoms in total. The Kier molecular flexibility index (Phi) is 8.76. The number of likely N-dealkylation sites (tertiary alicyclic amines) is 1. The lowest BCUT2D eigenvalue weighted by Crippen LogP contribution is -2.45. The van der Waals surface area contributed by atoms with E-state index in [1.54, 1.807) is 0 Å². The minimum absolute atomic E-state index is 0.0911. The smallest absolute Gasteiger partial charge is 0.319 e. The topological polar surface area (TPSA) is 97.9 Å². The Hall–Kier alpha value is -2.77. The van der Waals surface area contributed by atoms with E-state index in [2.05, 4.69) is 21.3 Å². The first-order valence-electron chi connectivity index (χ1n) is 11.9. The van der Waals surface area contributed by atoms with Crippen LogP contribution in [0.4, 0.5) is 10.5 Å². The van der Waals surface area contributed by atoms with Gasteiger partial charge in [-0.25, -0.2) is 9.79 Å². The van der Waals surface area contributed by atoms with Crippen molar-refractivity contribution in [1.29, 1.82) is 0 Å². The van der Waals surface area contributed by atoms with Gasteiger partial charge in [0.25, 0.3) is 0 Å². The lowest BCUT2D eigenvalue weighted by atomic mass is 10.1. The van der Waals surface area contributed by atoms with Crippen molar-refractivity contribution in [3.63, 3.8) is 0 Å². The Labute approximate surface area is 191 Å². The molecule has 0 spiro atoms. The molecule has 1 unspecified atom stereocenters. The maximum absolute atomic E-state index is 12.7. The number of guanidine groups is 1. The van der Waals surface area contributed by atoms with Crippen molar-refractivity contribution in [1.82, 2.24) is 20.9 Å². The minimum atomic E-state index is -0.207. The van der Waals surface area contributed by atoms with E-state index < -0.39 is 0 Å². The van der Waals surface area contributed by atoms with E-state index >= 15 is 0 Å². The summed E-state index contributed by atoms with van der Waals surface area (Å²) >= 11 is 0. The third-order valence-electron chi connectivity index (χ3n) is 5.94. The van der Waals surface area contributed by atoms with Gasteiger partial charge in [0.15, 0.2) is 5.96 Å². The summed E-state index contributed by atoms with van der Waals surface area (Å²) in [5.74, 6) is 1.35. The van der Waals surface area contributed by atoms with Gasteiger partial charge in [-0.2, -0.15) is 0 Å². The van der Waals surface area contributed by atoms with Gasteiger partial charge in [0.1, 0.15) is 0 Å². The molecule has 4 N–H and O–H groups in total. The summed E-state index contributed by atoms with van der Waals surface area (Å²) in [6, 6.07) is 7.81. The van der Waals surface area contributed by atoms with Crippen molar-refractivity contribution < 1.29 is 9.59 Å². The zero-order valence-corrected chi connectivity index (χ0v) is 19.6. The first kappa shape index (κ1) is 23.9. The maximum Gasteiger partial charge on any atom is 0.319 e. The van der Waals surface area contributed by atoms with Crippen LogP contribution in [0, 0.1) is 5.92 Å². The summed E-state index contributed by atoms with van der Waals surface area (Å²) < 4.78 is 0. The highest BCUT2D eigenvalue weighted by atomic mass is 16.2. The standard InChI is InChI=1S/C24H38N6O2/c1-4-25-23(28-21-13-14-30(16-21)22(31)19-7-5-6-8-19)26-15-18-9-11-20(12-10-18)29-24(32)27-17(2)3/h9-12,17,19,21H,4-8,13-16H2,1-3H3,(H2,25,26,28)(H2,27,29,32). The van der Waals surface area contributed by atoms with Crippen LogP contribution >= 0.6 is 0 Å². The van der Waals surface area contributed by atoms with E-state index in [1.165, 1.54) is 12.8 Å². The van der Waals surface area contributed by atoms with Crippen LogP contribution in [0.1, 0.15) is 58.4 Å². The molecular weight excluding hydrogens is 404 g/mol. The fraction of sp³-hybridized carbons (Fsp3) is 0.625. The second kappa shape index (κ2) is 11.7. The van der Waals surface area contributed by atoms with Crippen LogP contribution in [0.3, 0.4) is 0 Å². The Morgan fingerprint density at radius 2 is 1.84 bits per heavy atom. The molecule has 1 heterocycles. The van der Waals surface area contributed by atoms with Crippen molar-refractivity contribution >= 4 is 23.6 Å². The van der Waals surface area contributed by atoms with E-state index in [-0.39, 0.29) is 24.0 Å². The minimum Gasteiger partial charge on any atom is -0.357 e. The largest absolute Gasteiger partial charge is 0.357 e. The van der Waals surface area contributed by atoms with E-state index in [0.29, 0.717) is 12.5 Å². The molecule has 1 aliphatic heterocycles. The van der Waals surface area contributed by atoms with Gasteiger partial charge in [0.2, 0.25) is 5.91 Å². The van der Waals surface area contributed by atoms with E-state index in [1.807, 2.05) is 49.9 Å². The number of hydrogen-bond donors (Lipinski definition) is 4. The summed E-state index contributed by atoms with van der Waals surface area (Å²) in [7, 11) is 0. The SMILES string of the molecule is CCNC(=NCc1ccc(NC(=O)NC(C)C)cc1)NC1CCN(C(=O)C2CCCC2)C1. The van der Waals surface area contributed by atoms with Gasteiger partial charge in [-0.1, -0.05) is 25.0 Å². The number of nitrogens with zero attached hydrogens (tertiary/aromatic N) is 2. The van der Waals surface area contributed by atoms with Crippen LogP contribution in [0.2, 0.25) is 0 Å². The molecule has 1 aromatic rings. The van der Waals surface area contributed by atoms with Gasteiger partial charge in [0.05, 0.1) is 6.54 Å². The Bertz CT molecular complexity index is 786. The zero-order chi connectivity index (χ0) is 22.9. The molecule has 32 heavy (non-hydrogen) atoms.